The molecule has 0 amide bonds. The summed E-state index contributed by atoms with van der Waals surface area (Å²) in [4.78, 5) is 20.4. The molecule has 1 aromatic heterocycles. The summed E-state index contributed by atoms with van der Waals surface area (Å²) in [6.45, 7) is 5.25. The monoisotopic (exact) mass is 313 g/mol. The minimum Gasteiger partial charge on any atom is -0.497 e. The van der Waals surface area contributed by atoms with E-state index in [2.05, 4.69) is 14.8 Å². The highest BCUT2D eigenvalue weighted by Gasteiger charge is 2.30. The molecule has 1 aromatic carbocycles. The van der Waals surface area contributed by atoms with Gasteiger partial charge < -0.3 is 9.72 Å². The Labute approximate surface area is 135 Å². The molecular formula is C18H23N3O2. The molecule has 1 N–H and O–H groups in total. The van der Waals surface area contributed by atoms with Gasteiger partial charge in [-0.1, -0.05) is 0 Å². The summed E-state index contributed by atoms with van der Waals surface area (Å²) >= 11 is 0. The largest absolute Gasteiger partial charge is 0.497 e. The molecule has 0 bridgehead atoms. The van der Waals surface area contributed by atoms with Gasteiger partial charge in [0.1, 0.15) is 5.75 Å². The van der Waals surface area contributed by atoms with Gasteiger partial charge in [-0.25, -0.2) is 0 Å². The van der Waals surface area contributed by atoms with E-state index in [1.807, 2.05) is 24.3 Å². The number of benzene rings is 1. The van der Waals surface area contributed by atoms with E-state index in [-0.39, 0.29) is 5.56 Å². The summed E-state index contributed by atoms with van der Waals surface area (Å²) in [7, 11) is 1.64. The Balaban J connectivity index is 1.56. The number of aromatic nitrogens is 1. The van der Waals surface area contributed by atoms with Gasteiger partial charge in [0.15, 0.2) is 0 Å². The van der Waals surface area contributed by atoms with E-state index in [0.29, 0.717) is 6.04 Å². The molecule has 2 fully saturated rings. The van der Waals surface area contributed by atoms with Crippen molar-refractivity contribution >= 4 is 10.9 Å². The first-order valence-electron chi connectivity index (χ1n) is 8.39. The Bertz CT molecular complexity index is 770. The van der Waals surface area contributed by atoms with Gasteiger partial charge in [-0.3, -0.25) is 14.6 Å². The fraction of sp³-hybridized carbons (Fsp3) is 0.500. The summed E-state index contributed by atoms with van der Waals surface area (Å²) in [6, 6.07) is 8.52. The predicted molar refractivity (Wildman–Crippen MR) is 91.0 cm³/mol. The normalized spacial score (nSPS) is 22.4. The highest BCUT2D eigenvalue weighted by Crippen LogP contribution is 2.23. The van der Waals surface area contributed by atoms with E-state index in [4.69, 9.17) is 4.74 Å². The SMILES string of the molecule is COc1ccc2cc(CN3CCN4CCCC4C3)c(=O)[nH]c2c1. The van der Waals surface area contributed by atoms with Crippen LogP contribution >= 0.6 is 0 Å². The zero-order chi connectivity index (χ0) is 15.8. The zero-order valence-corrected chi connectivity index (χ0v) is 13.5. The van der Waals surface area contributed by atoms with E-state index < -0.39 is 0 Å². The molecule has 0 saturated carbocycles. The average Bonchev–Trinajstić information content (AvgIpc) is 3.03. The summed E-state index contributed by atoms with van der Waals surface area (Å²) < 4.78 is 5.22. The van der Waals surface area contributed by atoms with Gasteiger partial charge in [0, 0.05) is 43.9 Å². The van der Waals surface area contributed by atoms with Crippen molar-refractivity contribution in [2.45, 2.75) is 25.4 Å². The van der Waals surface area contributed by atoms with Crippen molar-refractivity contribution in [3.05, 3.63) is 40.2 Å². The van der Waals surface area contributed by atoms with Crippen molar-refractivity contribution in [1.29, 1.82) is 0 Å². The Morgan fingerprint density at radius 3 is 3.04 bits per heavy atom. The van der Waals surface area contributed by atoms with Crippen LogP contribution in [0.25, 0.3) is 10.9 Å². The van der Waals surface area contributed by atoms with Gasteiger partial charge in [-0.05, 0) is 43.0 Å². The van der Waals surface area contributed by atoms with Crippen molar-refractivity contribution < 1.29 is 4.74 Å². The third kappa shape index (κ3) is 2.86. The molecule has 0 spiro atoms. The second-order valence-corrected chi connectivity index (χ2v) is 6.64. The maximum absolute atomic E-state index is 12.4. The third-order valence-electron chi connectivity index (χ3n) is 5.20. The van der Waals surface area contributed by atoms with E-state index >= 15 is 0 Å². The van der Waals surface area contributed by atoms with Crippen LogP contribution in [0.15, 0.2) is 29.1 Å². The van der Waals surface area contributed by atoms with Gasteiger partial charge in [-0.15, -0.1) is 0 Å². The maximum Gasteiger partial charge on any atom is 0.252 e. The van der Waals surface area contributed by atoms with Gasteiger partial charge in [0.05, 0.1) is 12.6 Å². The molecule has 3 heterocycles. The number of aromatic amines is 1. The molecule has 23 heavy (non-hydrogen) atoms. The fourth-order valence-electron chi connectivity index (χ4n) is 3.91. The number of hydrogen-bond acceptors (Lipinski definition) is 4. The van der Waals surface area contributed by atoms with Gasteiger partial charge in [0.25, 0.3) is 5.56 Å². The zero-order valence-electron chi connectivity index (χ0n) is 13.5. The number of piperazine rings is 1. The minimum absolute atomic E-state index is 0.0135. The molecule has 5 heteroatoms. The lowest BCUT2D eigenvalue weighted by atomic mass is 10.1. The van der Waals surface area contributed by atoms with Crippen molar-refractivity contribution in [2.75, 3.05) is 33.3 Å². The second kappa shape index (κ2) is 5.98. The average molecular weight is 313 g/mol. The lowest BCUT2D eigenvalue weighted by Crippen LogP contribution is -2.49. The van der Waals surface area contributed by atoms with Crippen molar-refractivity contribution in [1.82, 2.24) is 14.8 Å². The number of ether oxygens (including phenoxy) is 1. The number of methoxy groups -OCH3 is 1. The van der Waals surface area contributed by atoms with Crippen LogP contribution in [0.5, 0.6) is 5.75 Å². The maximum atomic E-state index is 12.4. The van der Waals surface area contributed by atoms with Gasteiger partial charge in [0.2, 0.25) is 0 Å². The Morgan fingerprint density at radius 1 is 1.26 bits per heavy atom. The predicted octanol–water partition coefficient (Wildman–Crippen LogP) is 1.82. The Hall–Kier alpha value is -1.85. The number of rotatable bonds is 3. The highest BCUT2D eigenvalue weighted by atomic mass is 16.5. The molecule has 1 unspecified atom stereocenters. The molecule has 2 saturated heterocycles. The summed E-state index contributed by atoms with van der Waals surface area (Å²) in [5, 5.41) is 1.06. The summed E-state index contributed by atoms with van der Waals surface area (Å²) in [5.41, 5.74) is 1.70. The van der Waals surface area contributed by atoms with Crippen molar-refractivity contribution in [3.8, 4) is 5.75 Å². The van der Waals surface area contributed by atoms with Crippen LogP contribution in [0.1, 0.15) is 18.4 Å². The molecule has 0 radical (unpaired) electrons. The molecule has 5 nitrogen and oxygen atoms in total. The number of hydrogen-bond donors (Lipinski definition) is 1. The molecule has 122 valence electrons. The van der Waals surface area contributed by atoms with E-state index in [0.717, 1.165) is 48.4 Å². The van der Waals surface area contributed by atoms with Gasteiger partial charge >= 0.3 is 0 Å². The van der Waals surface area contributed by atoms with E-state index in [9.17, 15) is 4.79 Å². The highest BCUT2D eigenvalue weighted by molar-refractivity contribution is 5.80. The smallest absolute Gasteiger partial charge is 0.252 e. The molecule has 1 atom stereocenters. The first-order chi connectivity index (χ1) is 11.2. The van der Waals surface area contributed by atoms with Gasteiger partial charge in [-0.2, -0.15) is 0 Å². The van der Waals surface area contributed by atoms with Crippen LogP contribution in [0, 0.1) is 0 Å². The van der Waals surface area contributed by atoms with Crippen LogP contribution in [0.4, 0.5) is 0 Å². The quantitative estimate of drug-likeness (QED) is 0.939. The fourth-order valence-corrected chi connectivity index (χ4v) is 3.91. The summed E-state index contributed by atoms with van der Waals surface area (Å²) in [6.07, 6.45) is 2.61. The number of H-pyrrole nitrogens is 1. The summed E-state index contributed by atoms with van der Waals surface area (Å²) in [5.74, 6) is 0.762. The number of nitrogens with zero attached hydrogens (tertiary/aromatic N) is 2. The molecule has 2 aliphatic rings. The number of pyridine rings is 1. The number of fused-ring (bicyclic) bond motifs is 2. The van der Waals surface area contributed by atoms with Crippen molar-refractivity contribution in [2.24, 2.45) is 0 Å². The molecule has 0 aliphatic carbocycles. The van der Waals surface area contributed by atoms with Crippen LogP contribution < -0.4 is 10.3 Å². The lowest BCUT2D eigenvalue weighted by Gasteiger charge is -2.37. The Morgan fingerprint density at radius 2 is 2.17 bits per heavy atom. The van der Waals surface area contributed by atoms with E-state index in [1.165, 1.54) is 19.4 Å². The molecular weight excluding hydrogens is 290 g/mol. The van der Waals surface area contributed by atoms with Crippen LogP contribution in [0.3, 0.4) is 0 Å². The molecule has 2 aliphatic heterocycles. The van der Waals surface area contributed by atoms with Crippen LogP contribution in [-0.4, -0.2) is 54.1 Å². The first kappa shape index (κ1) is 14.7. The van der Waals surface area contributed by atoms with Crippen LogP contribution in [0.2, 0.25) is 0 Å². The second-order valence-electron chi connectivity index (χ2n) is 6.64. The standard InChI is InChI=1S/C18H23N3O2/c1-23-16-5-4-13-9-14(18(22)19-17(13)10-16)11-20-7-8-21-6-2-3-15(21)12-20/h4-5,9-10,15H,2-3,6-8,11-12H2,1H3,(H,19,22). The molecule has 4 rings (SSSR count). The van der Waals surface area contributed by atoms with E-state index in [1.54, 1.807) is 7.11 Å². The number of nitrogens with one attached hydrogen (secondary N) is 1. The lowest BCUT2D eigenvalue weighted by molar-refractivity contribution is 0.0991. The van der Waals surface area contributed by atoms with Crippen molar-refractivity contribution in [3.63, 3.8) is 0 Å². The van der Waals surface area contributed by atoms with Crippen LogP contribution in [-0.2, 0) is 6.54 Å². The topological polar surface area (TPSA) is 48.6 Å². The third-order valence-corrected chi connectivity index (χ3v) is 5.20. The first-order valence-corrected chi connectivity index (χ1v) is 8.39. The Kier molecular flexibility index (Phi) is 3.83. The minimum atomic E-state index is 0.0135. The molecule has 2 aromatic rings.